The zero-order valence-electron chi connectivity index (χ0n) is 17.0. The molecule has 0 spiro atoms. The van der Waals surface area contributed by atoms with Gasteiger partial charge in [0, 0.05) is 31.0 Å². The Kier molecular flexibility index (Phi) is 6.87. The maximum absolute atomic E-state index is 12.6. The van der Waals surface area contributed by atoms with Crippen molar-refractivity contribution in [3.8, 4) is 0 Å². The molecule has 0 saturated carbocycles. The molecule has 154 valence electrons. The van der Waals surface area contributed by atoms with Crippen molar-refractivity contribution in [3.05, 3.63) is 58.6 Å². The number of ether oxygens (including phenoxy) is 1. The van der Waals surface area contributed by atoms with Gasteiger partial charge in [-0.1, -0.05) is 17.7 Å². The molecule has 0 saturated heterocycles. The summed E-state index contributed by atoms with van der Waals surface area (Å²) >= 11 is 6.09. The summed E-state index contributed by atoms with van der Waals surface area (Å²) in [6, 6.07) is 11.1. The molecule has 0 aliphatic heterocycles. The van der Waals surface area contributed by atoms with E-state index < -0.39 is 17.6 Å². The molecular formula is C21H24ClN3O4. The van der Waals surface area contributed by atoms with E-state index in [0.29, 0.717) is 22.0 Å². The summed E-state index contributed by atoms with van der Waals surface area (Å²) in [6.07, 6.45) is -0.611. The SMILES string of the molecule is CN(C)C(=O)c1cc(NC(=O)c2cccc(NC(=O)OC(C)(C)C)c2)ccc1Cl. The van der Waals surface area contributed by atoms with Crippen LogP contribution in [0.15, 0.2) is 42.5 Å². The smallest absolute Gasteiger partial charge is 0.412 e. The third-order valence-electron chi connectivity index (χ3n) is 3.63. The Balaban J connectivity index is 2.15. The second-order valence-corrected chi connectivity index (χ2v) is 7.96. The predicted molar refractivity (Wildman–Crippen MR) is 114 cm³/mol. The number of amides is 3. The van der Waals surface area contributed by atoms with E-state index in [1.165, 1.54) is 17.0 Å². The first-order valence-electron chi connectivity index (χ1n) is 8.89. The van der Waals surface area contributed by atoms with Crippen molar-refractivity contribution in [2.24, 2.45) is 0 Å². The summed E-state index contributed by atoms with van der Waals surface area (Å²) in [5.74, 6) is -0.668. The van der Waals surface area contributed by atoms with Gasteiger partial charge in [0.1, 0.15) is 5.60 Å². The molecule has 0 aliphatic carbocycles. The van der Waals surface area contributed by atoms with Crippen LogP contribution in [0.2, 0.25) is 5.02 Å². The van der Waals surface area contributed by atoms with Crippen LogP contribution in [0.4, 0.5) is 16.2 Å². The first kappa shape index (κ1) is 22.2. The van der Waals surface area contributed by atoms with Crippen LogP contribution < -0.4 is 10.6 Å². The number of carbonyl (C=O) groups is 3. The number of rotatable bonds is 4. The van der Waals surface area contributed by atoms with E-state index in [2.05, 4.69) is 10.6 Å². The van der Waals surface area contributed by atoms with E-state index in [9.17, 15) is 14.4 Å². The number of halogens is 1. The topological polar surface area (TPSA) is 87.7 Å². The highest BCUT2D eigenvalue weighted by Crippen LogP contribution is 2.22. The highest BCUT2D eigenvalue weighted by molar-refractivity contribution is 6.34. The van der Waals surface area contributed by atoms with Crippen LogP contribution in [0.5, 0.6) is 0 Å². The molecular weight excluding hydrogens is 394 g/mol. The molecule has 0 fully saturated rings. The summed E-state index contributed by atoms with van der Waals surface area (Å²) < 4.78 is 5.20. The molecule has 8 heteroatoms. The van der Waals surface area contributed by atoms with Gasteiger partial charge >= 0.3 is 6.09 Å². The fourth-order valence-corrected chi connectivity index (χ4v) is 2.57. The number of anilines is 2. The van der Waals surface area contributed by atoms with Crippen LogP contribution in [-0.4, -0.2) is 42.5 Å². The minimum absolute atomic E-state index is 0.269. The molecule has 2 N–H and O–H groups in total. The lowest BCUT2D eigenvalue weighted by atomic mass is 10.1. The fraction of sp³-hybridized carbons (Fsp3) is 0.286. The fourth-order valence-electron chi connectivity index (χ4n) is 2.37. The van der Waals surface area contributed by atoms with Crippen LogP contribution in [0.1, 0.15) is 41.5 Å². The highest BCUT2D eigenvalue weighted by Gasteiger charge is 2.17. The average molecular weight is 418 g/mol. The van der Waals surface area contributed by atoms with Gasteiger partial charge in [0.25, 0.3) is 11.8 Å². The lowest BCUT2D eigenvalue weighted by molar-refractivity contribution is 0.0635. The number of nitrogens with one attached hydrogen (secondary N) is 2. The second kappa shape index (κ2) is 8.96. The van der Waals surface area contributed by atoms with Crippen molar-refractivity contribution in [1.29, 1.82) is 0 Å². The molecule has 0 unspecified atom stereocenters. The first-order chi connectivity index (χ1) is 13.5. The van der Waals surface area contributed by atoms with E-state index in [0.717, 1.165) is 0 Å². The van der Waals surface area contributed by atoms with Gasteiger partial charge in [0.05, 0.1) is 10.6 Å². The third kappa shape index (κ3) is 6.50. The van der Waals surface area contributed by atoms with Gasteiger partial charge in [-0.2, -0.15) is 0 Å². The van der Waals surface area contributed by atoms with Crippen LogP contribution in [-0.2, 0) is 4.74 Å². The number of nitrogens with zero attached hydrogens (tertiary/aromatic N) is 1. The number of hydrogen-bond acceptors (Lipinski definition) is 4. The molecule has 2 aromatic carbocycles. The summed E-state index contributed by atoms with van der Waals surface area (Å²) in [5, 5.41) is 5.62. The minimum atomic E-state index is -0.630. The van der Waals surface area contributed by atoms with E-state index in [-0.39, 0.29) is 11.5 Å². The van der Waals surface area contributed by atoms with Crippen LogP contribution in [0.25, 0.3) is 0 Å². The molecule has 0 radical (unpaired) electrons. The van der Waals surface area contributed by atoms with Crippen molar-refractivity contribution < 1.29 is 19.1 Å². The lowest BCUT2D eigenvalue weighted by Crippen LogP contribution is -2.27. The summed E-state index contributed by atoms with van der Waals surface area (Å²) in [5.41, 5.74) is 0.834. The number of benzene rings is 2. The minimum Gasteiger partial charge on any atom is -0.444 e. The van der Waals surface area contributed by atoms with Crippen LogP contribution in [0, 0.1) is 0 Å². The summed E-state index contributed by atoms with van der Waals surface area (Å²) in [6.45, 7) is 5.29. The largest absolute Gasteiger partial charge is 0.444 e. The Labute approximate surface area is 175 Å². The Morgan fingerprint density at radius 1 is 0.966 bits per heavy atom. The molecule has 0 aromatic heterocycles. The standard InChI is InChI=1S/C21H24ClN3O4/c1-21(2,3)29-20(28)24-14-8-6-7-13(11-14)18(26)23-15-9-10-17(22)16(12-15)19(27)25(4)5/h6-12H,1-5H3,(H,23,26)(H,24,28). The molecule has 0 heterocycles. The van der Waals surface area contributed by atoms with Crippen molar-refractivity contribution in [2.75, 3.05) is 24.7 Å². The molecule has 3 amide bonds. The van der Waals surface area contributed by atoms with Gasteiger partial charge in [-0.15, -0.1) is 0 Å². The van der Waals surface area contributed by atoms with Crippen molar-refractivity contribution >= 4 is 40.9 Å². The Morgan fingerprint density at radius 3 is 2.24 bits per heavy atom. The monoisotopic (exact) mass is 417 g/mol. The van der Waals surface area contributed by atoms with Gasteiger partial charge in [0.2, 0.25) is 0 Å². The quantitative estimate of drug-likeness (QED) is 0.758. The van der Waals surface area contributed by atoms with E-state index in [1.807, 2.05) is 0 Å². The molecule has 0 bridgehead atoms. The van der Waals surface area contributed by atoms with Crippen molar-refractivity contribution in [3.63, 3.8) is 0 Å². The van der Waals surface area contributed by atoms with E-state index >= 15 is 0 Å². The second-order valence-electron chi connectivity index (χ2n) is 7.56. The van der Waals surface area contributed by atoms with Gasteiger partial charge in [-0.25, -0.2) is 4.79 Å². The molecule has 2 aromatic rings. The zero-order valence-corrected chi connectivity index (χ0v) is 17.8. The summed E-state index contributed by atoms with van der Waals surface area (Å²) in [7, 11) is 3.24. The lowest BCUT2D eigenvalue weighted by Gasteiger charge is -2.19. The molecule has 0 aliphatic rings. The Hall–Kier alpha value is -3.06. The molecule has 29 heavy (non-hydrogen) atoms. The van der Waals surface area contributed by atoms with Gasteiger partial charge in [-0.05, 0) is 57.2 Å². The number of hydrogen-bond donors (Lipinski definition) is 2. The van der Waals surface area contributed by atoms with Crippen molar-refractivity contribution in [2.45, 2.75) is 26.4 Å². The Bertz CT molecular complexity index is 936. The average Bonchev–Trinajstić information content (AvgIpc) is 2.61. The zero-order chi connectivity index (χ0) is 21.8. The van der Waals surface area contributed by atoms with Crippen LogP contribution >= 0.6 is 11.6 Å². The number of carbonyl (C=O) groups excluding carboxylic acids is 3. The van der Waals surface area contributed by atoms with E-state index in [4.69, 9.17) is 16.3 Å². The Morgan fingerprint density at radius 2 is 1.62 bits per heavy atom. The predicted octanol–water partition coefficient (Wildman–Crippen LogP) is 4.64. The first-order valence-corrected chi connectivity index (χ1v) is 9.27. The van der Waals surface area contributed by atoms with Gasteiger partial charge in [0.15, 0.2) is 0 Å². The van der Waals surface area contributed by atoms with E-state index in [1.54, 1.807) is 65.2 Å². The molecule has 0 atom stereocenters. The molecule has 2 rings (SSSR count). The maximum Gasteiger partial charge on any atom is 0.412 e. The summed E-state index contributed by atoms with van der Waals surface area (Å²) in [4.78, 5) is 38.1. The van der Waals surface area contributed by atoms with Gasteiger partial charge in [-0.3, -0.25) is 14.9 Å². The van der Waals surface area contributed by atoms with Crippen molar-refractivity contribution in [1.82, 2.24) is 4.90 Å². The molecule has 7 nitrogen and oxygen atoms in total. The van der Waals surface area contributed by atoms with Gasteiger partial charge < -0.3 is 15.0 Å². The normalized spacial score (nSPS) is 10.8. The highest BCUT2D eigenvalue weighted by atomic mass is 35.5. The van der Waals surface area contributed by atoms with Crippen LogP contribution in [0.3, 0.4) is 0 Å². The maximum atomic E-state index is 12.6. The third-order valence-corrected chi connectivity index (χ3v) is 3.96.